The number of ether oxygens (including phenoxy) is 1. The summed E-state index contributed by atoms with van der Waals surface area (Å²) < 4.78 is 5.46. The Hall–Kier alpha value is -3.86. The highest BCUT2D eigenvalue weighted by Gasteiger charge is 2.40. The summed E-state index contributed by atoms with van der Waals surface area (Å²) in [6, 6.07) is 12.7. The molecule has 2 saturated heterocycles. The van der Waals surface area contributed by atoms with Crippen LogP contribution in [0.4, 0.5) is 16.2 Å². The van der Waals surface area contributed by atoms with Crippen LogP contribution in [0.2, 0.25) is 0 Å². The van der Waals surface area contributed by atoms with E-state index in [4.69, 9.17) is 10.5 Å². The number of nitro benzene ring substituents is 1. The van der Waals surface area contributed by atoms with Crippen LogP contribution in [0, 0.1) is 22.0 Å². The number of nitrogens with zero attached hydrogens (tertiary/aromatic N) is 4. The van der Waals surface area contributed by atoms with Crippen molar-refractivity contribution in [3.05, 3.63) is 63.7 Å². The number of carboxylic acid groups (broad SMARTS) is 1. The summed E-state index contributed by atoms with van der Waals surface area (Å²) in [7, 11) is 3.76. The molecule has 204 valence electrons. The third-order valence-corrected chi connectivity index (χ3v) is 7.92. The van der Waals surface area contributed by atoms with Crippen LogP contribution in [0.1, 0.15) is 17.5 Å². The van der Waals surface area contributed by atoms with Crippen molar-refractivity contribution >= 4 is 23.4 Å². The number of carbonyl (C=O) groups excluding carboxylic acids is 1. The van der Waals surface area contributed by atoms with Crippen molar-refractivity contribution in [2.45, 2.75) is 25.3 Å². The van der Waals surface area contributed by atoms with Crippen LogP contribution in [0.3, 0.4) is 0 Å². The van der Waals surface area contributed by atoms with Crippen molar-refractivity contribution in [3.63, 3.8) is 0 Å². The normalized spacial score (nSPS) is 22.8. The van der Waals surface area contributed by atoms with Gasteiger partial charge in [-0.15, -0.1) is 0 Å². The minimum absolute atomic E-state index is 0.0783. The third kappa shape index (κ3) is 5.99. The number of carboxylic acids is 1. The van der Waals surface area contributed by atoms with E-state index in [1.54, 1.807) is 24.1 Å². The number of benzene rings is 2. The van der Waals surface area contributed by atoms with Crippen LogP contribution in [0.15, 0.2) is 42.5 Å². The molecule has 0 saturated carbocycles. The molecule has 2 heterocycles. The number of fused-ring (bicyclic) bond motifs is 2. The summed E-state index contributed by atoms with van der Waals surface area (Å²) in [5.74, 6) is 0.457. The standard InChI is InChI=1S/C16H21NO3.C11H14N4O3/c1-17-9-12(16(18)19)6-11-7-13-10(8-14(11)17)4-3-5-15(13)20-2;12-11(16)14-7-5-13(6-8-14)9-1-3-10(4-2-9)15(17)18/h3-5,11-12,14H,6-9H2,1-2H3,(H,18,19);1-4H,5-8H2,(H2,12,16)/t11-,12-,14-;/m1./s1. The molecule has 38 heavy (non-hydrogen) atoms. The number of anilines is 1. The summed E-state index contributed by atoms with van der Waals surface area (Å²) in [6.45, 7) is 3.18. The van der Waals surface area contributed by atoms with Crippen molar-refractivity contribution in [2.75, 3.05) is 51.8 Å². The zero-order valence-electron chi connectivity index (χ0n) is 21.8. The molecule has 0 aromatic heterocycles. The molecule has 5 rings (SSSR count). The van der Waals surface area contributed by atoms with E-state index >= 15 is 0 Å². The maximum atomic E-state index is 11.3. The largest absolute Gasteiger partial charge is 0.496 e. The molecule has 0 radical (unpaired) electrons. The summed E-state index contributed by atoms with van der Waals surface area (Å²) in [4.78, 5) is 38.3. The van der Waals surface area contributed by atoms with Gasteiger partial charge in [-0.25, -0.2) is 4.79 Å². The first-order chi connectivity index (χ1) is 18.2. The lowest BCUT2D eigenvalue weighted by Crippen LogP contribution is -2.51. The van der Waals surface area contributed by atoms with Gasteiger partial charge in [-0.2, -0.15) is 0 Å². The Balaban J connectivity index is 0.000000178. The van der Waals surface area contributed by atoms with Gasteiger partial charge >= 0.3 is 12.0 Å². The Labute approximate surface area is 221 Å². The molecular weight excluding hydrogens is 490 g/mol. The number of hydrogen-bond acceptors (Lipinski definition) is 7. The number of nitrogens with two attached hydrogens (primary N) is 1. The smallest absolute Gasteiger partial charge is 0.314 e. The Morgan fingerprint density at radius 3 is 2.34 bits per heavy atom. The van der Waals surface area contributed by atoms with Crippen LogP contribution >= 0.6 is 0 Å². The number of aliphatic carboxylic acids is 1. The van der Waals surface area contributed by atoms with Crippen LogP contribution in [-0.4, -0.2) is 84.8 Å². The molecule has 0 bridgehead atoms. The van der Waals surface area contributed by atoms with E-state index < -0.39 is 16.9 Å². The number of rotatable bonds is 4. The number of urea groups is 1. The molecular formula is C27H35N5O6. The number of piperidine rings is 1. The van der Waals surface area contributed by atoms with E-state index in [1.165, 1.54) is 23.3 Å². The fourth-order valence-corrected chi connectivity index (χ4v) is 5.84. The van der Waals surface area contributed by atoms with E-state index in [1.807, 2.05) is 12.1 Å². The molecule has 3 atom stereocenters. The first kappa shape index (κ1) is 27.2. The Bertz CT molecular complexity index is 1170. The molecule has 3 N–H and O–H groups in total. The minimum atomic E-state index is -0.666. The van der Waals surface area contributed by atoms with Gasteiger partial charge in [0.1, 0.15) is 5.75 Å². The lowest BCUT2D eigenvalue weighted by atomic mass is 9.72. The number of amides is 2. The monoisotopic (exact) mass is 525 g/mol. The van der Waals surface area contributed by atoms with Gasteiger partial charge in [0.05, 0.1) is 18.0 Å². The van der Waals surface area contributed by atoms with Crippen molar-refractivity contribution in [1.29, 1.82) is 0 Å². The second kappa shape index (κ2) is 11.7. The van der Waals surface area contributed by atoms with Crippen LogP contribution in [0.25, 0.3) is 0 Å². The van der Waals surface area contributed by atoms with E-state index in [9.17, 15) is 24.8 Å². The average Bonchev–Trinajstić information content (AvgIpc) is 2.92. The second-order valence-electron chi connectivity index (χ2n) is 10.1. The Morgan fingerprint density at radius 1 is 1.08 bits per heavy atom. The molecule has 2 aromatic carbocycles. The molecule has 2 amide bonds. The highest BCUT2D eigenvalue weighted by Crippen LogP contribution is 2.39. The van der Waals surface area contributed by atoms with Gasteiger partial charge < -0.3 is 30.3 Å². The predicted molar refractivity (Wildman–Crippen MR) is 143 cm³/mol. The molecule has 2 aliphatic heterocycles. The summed E-state index contributed by atoms with van der Waals surface area (Å²) in [5, 5.41) is 19.8. The molecule has 2 fully saturated rings. The van der Waals surface area contributed by atoms with Gasteiger partial charge in [-0.1, -0.05) is 12.1 Å². The van der Waals surface area contributed by atoms with Crippen LogP contribution in [-0.2, 0) is 17.6 Å². The van der Waals surface area contributed by atoms with Gasteiger partial charge in [-0.05, 0) is 61.6 Å². The zero-order valence-corrected chi connectivity index (χ0v) is 21.8. The molecule has 1 aliphatic carbocycles. The number of non-ortho nitro benzene ring substituents is 1. The summed E-state index contributed by atoms with van der Waals surface area (Å²) in [5.41, 5.74) is 8.82. The fourth-order valence-electron chi connectivity index (χ4n) is 5.84. The third-order valence-electron chi connectivity index (χ3n) is 7.92. The Kier molecular flexibility index (Phi) is 8.35. The molecule has 0 spiro atoms. The maximum Gasteiger partial charge on any atom is 0.314 e. The first-order valence-corrected chi connectivity index (χ1v) is 12.8. The van der Waals surface area contributed by atoms with Gasteiger partial charge in [0.2, 0.25) is 0 Å². The average molecular weight is 526 g/mol. The summed E-state index contributed by atoms with van der Waals surface area (Å²) >= 11 is 0. The molecule has 11 nitrogen and oxygen atoms in total. The number of hydrogen-bond donors (Lipinski definition) is 2. The number of likely N-dealkylation sites (tertiary alicyclic amines) is 1. The van der Waals surface area contributed by atoms with E-state index in [2.05, 4.69) is 22.9 Å². The van der Waals surface area contributed by atoms with Crippen molar-refractivity contribution in [1.82, 2.24) is 9.80 Å². The summed E-state index contributed by atoms with van der Waals surface area (Å²) in [6.07, 6.45) is 2.71. The minimum Gasteiger partial charge on any atom is -0.496 e. The number of piperazine rings is 1. The number of likely N-dealkylation sites (N-methyl/N-ethyl adjacent to an activating group) is 1. The number of carbonyl (C=O) groups is 2. The predicted octanol–water partition coefficient (Wildman–Crippen LogP) is 2.61. The molecule has 11 heteroatoms. The van der Waals surface area contributed by atoms with E-state index in [0.717, 1.165) is 30.7 Å². The van der Waals surface area contributed by atoms with Crippen LogP contribution in [0.5, 0.6) is 5.75 Å². The second-order valence-corrected chi connectivity index (χ2v) is 10.1. The van der Waals surface area contributed by atoms with Gasteiger partial charge in [-0.3, -0.25) is 14.9 Å². The lowest BCUT2D eigenvalue weighted by Gasteiger charge is -2.45. The van der Waals surface area contributed by atoms with Crippen LogP contribution < -0.4 is 15.4 Å². The Morgan fingerprint density at radius 2 is 1.76 bits per heavy atom. The SMILES string of the molecule is COc1cccc2c1C[C@H]1C[C@@H](C(=O)O)CN(C)[C@@H]1C2.NC(=O)N1CCN(c2ccc([N+](=O)[O-])cc2)CC1. The number of nitro groups is 1. The number of primary amides is 1. The molecule has 0 unspecified atom stereocenters. The topological polar surface area (TPSA) is 142 Å². The highest BCUT2D eigenvalue weighted by molar-refractivity contribution is 5.72. The van der Waals surface area contributed by atoms with Crippen molar-refractivity contribution < 1.29 is 24.4 Å². The fraction of sp³-hybridized carbons (Fsp3) is 0.481. The zero-order chi connectivity index (χ0) is 27.4. The van der Waals surface area contributed by atoms with Gasteiger partial charge in [0.15, 0.2) is 0 Å². The van der Waals surface area contributed by atoms with E-state index in [0.29, 0.717) is 44.7 Å². The van der Waals surface area contributed by atoms with Crippen molar-refractivity contribution in [2.24, 2.45) is 17.6 Å². The maximum absolute atomic E-state index is 11.3. The lowest BCUT2D eigenvalue weighted by molar-refractivity contribution is -0.384. The van der Waals surface area contributed by atoms with Gasteiger partial charge in [0, 0.05) is 56.6 Å². The van der Waals surface area contributed by atoms with Gasteiger partial charge in [0.25, 0.3) is 5.69 Å². The molecule has 3 aliphatic rings. The highest BCUT2D eigenvalue weighted by atomic mass is 16.6. The quantitative estimate of drug-likeness (QED) is 0.458. The van der Waals surface area contributed by atoms with E-state index in [-0.39, 0.29) is 11.6 Å². The molecule has 2 aromatic rings. The van der Waals surface area contributed by atoms with Crippen molar-refractivity contribution in [3.8, 4) is 5.75 Å². The number of methoxy groups -OCH3 is 1. The first-order valence-electron chi connectivity index (χ1n) is 12.8.